The first-order chi connectivity index (χ1) is 9.30. The standard InChI is InChI=1S/C12H14F3N3O2/c1-8(19)16-7-6-11(20)18-17-10-5-3-2-4-9(10)12(13,14)15/h2-5,17H,6-7H2,1H3,(H,16,19)(H,18,20). The van der Waals surface area contributed by atoms with Crippen molar-refractivity contribution in [2.45, 2.75) is 19.5 Å². The van der Waals surface area contributed by atoms with Gasteiger partial charge in [0.15, 0.2) is 0 Å². The van der Waals surface area contributed by atoms with Crippen molar-refractivity contribution in [3.63, 3.8) is 0 Å². The normalized spacial score (nSPS) is 10.8. The quantitative estimate of drug-likeness (QED) is 0.722. The first kappa shape index (κ1) is 15.8. The Kier molecular flexibility index (Phi) is 5.36. The summed E-state index contributed by atoms with van der Waals surface area (Å²) in [6.07, 6.45) is -4.55. The van der Waals surface area contributed by atoms with Gasteiger partial charge in [-0.25, -0.2) is 0 Å². The third-order valence-corrected chi connectivity index (χ3v) is 2.30. The fourth-order valence-corrected chi connectivity index (χ4v) is 1.39. The summed E-state index contributed by atoms with van der Waals surface area (Å²) in [5, 5.41) is 2.40. The highest BCUT2D eigenvalue weighted by molar-refractivity contribution is 5.79. The Morgan fingerprint density at radius 2 is 1.85 bits per heavy atom. The van der Waals surface area contributed by atoms with Gasteiger partial charge in [-0.2, -0.15) is 13.2 Å². The van der Waals surface area contributed by atoms with Gasteiger partial charge in [0.05, 0.1) is 11.3 Å². The molecule has 1 aromatic rings. The van der Waals surface area contributed by atoms with Crippen molar-refractivity contribution in [3.8, 4) is 0 Å². The number of hydrazine groups is 1. The molecular formula is C12H14F3N3O2. The maximum Gasteiger partial charge on any atom is 0.418 e. The number of anilines is 1. The second kappa shape index (κ2) is 6.78. The number of nitrogens with one attached hydrogen (secondary N) is 3. The van der Waals surface area contributed by atoms with Crippen LogP contribution in [0, 0.1) is 0 Å². The minimum atomic E-state index is -4.51. The fraction of sp³-hybridized carbons (Fsp3) is 0.333. The molecule has 0 atom stereocenters. The van der Waals surface area contributed by atoms with E-state index < -0.39 is 17.6 Å². The molecule has 1 rings (SSSR count). The van der Waals surface area contributed by atoms with Crippen molar-refractivity contribution in [1.82, 2.24) is 10.7 Å². The van der Waals surface area contributed by atoms with Gasteiger partial charge in [0.25, 0.3) is 0 Å². The van der Waals surface area contributed by atoms with E-state index in [9.17, 15) is 22.8 Å². The molecule has 0 heterocycles. The van der Waals surface area contributed by atoms with Crippen LogP contribution in [0.5, 0.6) is 0 Å². The number of amides is 2. The highest BCUT2D eigenvalue weighted by atomic mass is 19.4. The first-order valence-electron chi connectivity index (χ1n) is 5.76. The maximum absolute atomic E-state index is 12.7. The van der Waals surface area contributed by atoms with Gasteiger partial charge in [-0.1, -0.05) is 12.1 Å². The van der Waals surface area contributed by atoms with E-state index in [1.54, 1.807) is 0 Å². The number of carbonyl (C=O) groups excluding carboxylic acids is 2. The minimum Gasteiger partial charge on any atom is -0.356 e. The van der Waals surface area contributed by atoms with Gasteiger partial charge in [-0.3, -0.25) is 20.4 Å². The smallest absolute Gasteiger partial charge is 0.356 e. The largest absolute Gasteiger partial charge is 0.418 e. The molecule has 8 heteroatoms. The van der Waals surface area contributed by atoms with E-state index in [0.717, 1.165) is 6.07 Å². The summed E-state index contributed by atoms with van der Waals surface area (Å²) in [4.78, 5) is 21.9. The lowest BCUT2D eigenvalue weighted by Gasteiger charge is -2.14. The second-order valence-electron chi connectivity index (χ2n) is 3.95. The molecule has 110 valence electrons. The molecule has 0 saturated heterocycles. The van der Waals surface area contributed by atoms with E-state index in [1.165, 1.54) is 25.1 Å². The maximum atomic E-state index is 12.7. The predicted molar refractivity (Wildman–Crippen MR) is 66.5 cm³/mol. The molecule has 2 amide bonds. The number of carbonyl (C=O) groups is 2. The lowest BCUT2D eigenvalue weighted by molar-refractivity contribution is -0.137. The van der Waals surface area contributed by atoms with Gasteiger partial charge in [-0.05, 0) is 12.1 Å². The summed E-state index contributed by atoms with van der Waals surface area (Å²) >= 11 is 0. The third-order valence-electron chi connectivity index (χ3n) is 2.30. The van der Waals surface area contributed by atoms with Crippen LogP contribution in [0.15, 0.2) is 24.3 Å². The monoisotopic (exact) mass is 289 g/mol. The molecule has 0 radical (unpaired) electrons. The van der Waals surface area contributed by atoms with Crippen molar-refractivity contribution >= 4 is 17.5 Å². The van der Waals surface area contributed by atoms with E-state index in [1.807, 2.05) is 0 Å². The molecule has 0 unspecified atom stereocenters. The lowest BCUT2D eigenvalue weighted by Crippen LogP contribution is -2.33. The van der Waals surface area contributed by atoms with Gasteiger partial charge >= 0.3 is 6.18 Å². The molecule has 1 aromatic carbocycles. The van der Waals surface area contributed by atoms with E-state index in [-0.39, 0.29) is 24.6 Å². The summed E-state index contributed by atoms with van der Waals surface area (Å²) < 4.78 is 38.0. The van der Waals surface area contributed by atoms with Gasteiger partial charge in [-0.15, -0.1) is 0 Å². The Labute approximate surface area is 113 Å². The third kappa shape index (κ3) is 5.17. The Bertz CT molecular complexity index is 489. The van der Waals surface area contributed by atoms with E-state index >= 15 is 0 Å². The zero-order valence-electron chi connectivity index (χ0n) is 10.7. The molecule has 0 spiro atoms. The summed E-state index contributed by atoms with van der Waals surface area (Å²) in [5.74, 6) is -0.816. The second-order valence-corrected chi connectivity index (χ2v) is 3.95. The van der Waals surface area contributed by atoms with Crippen molar-refractivity contribution in [2.24, 2.45) is 0 Å². The Morgan fingerprint density at radius 3 is 2.45 bits per heavy atom. The van der Waals surface area contributed by atoms with Crippen LogP contribution in [0.4, 0.5) is 18.9 Å². The lowest BCUT2D eigenvalue weighted by atomic mass is 10.2. The first-order valence-corrected chi connectivity index (χ1v) is 5.76. The van der Waals surface area contributed by atoms with Gasteiger partial charge in [0, 0.05) is 19.9 Å². The summed E-state index contributed by atoms with van der Waals surface area (Å²) in [7, 11) is 0. The number of rotatable bonds is 5. The van der Waals surface area contributed by atoms with Crippen molar-refractivity contribution in [2.75, 3.05) is 12.0 Å². The van der Waals surface area contributed by atoms with E-state index in [0.29, 0.717) is 0 Å². The van der Waals surface area contributed by atoms with Crippen LogP contribution in [0.1, 0.15) is 18.9 Å². The highest BCUT2D eigenvalue weighted by Gasteiger charge is 2.33. The molecule has 0 aliphatic heterocycles. The van der Waals surface area contributed by atoms with Crippen LogP contribution in [0.25, 0.3) is 0 Å². The van der Waals surface area contributed by atoms with Crippen LogP contribution in [-0.4, -0.2) is 18.4 Å². The molecule has 0 aliphatic carbocycles. The van der Waals surface area contributed by atoms with Gasteiger partial charge < -0.3 is 5.32 Å². The summed E-state index contributed by atoms with van der Waals surface area (Å²) in [6.45, 7) is 1.42. The zero-order chi connectivity index (χ0) is 15.2. The number of halogens is 3. The van der Waals surface area contributed by atoms with Crippen LogP contribution in [-0.2, 0) is 15.8 Å². The number of hydrogen-bond acceptors (Lipinski definition) is 3. The summed E-state index contributed by atoms with van der Waals surface area (Å²) in [5.41, 5.74) is 3.25. The number of benzene rings is 1. The molecule has 0 bridgehead atoms. The molecule has 0 aliphatic rings. The molecule has 20 heavy (non-hydrogen) atoms. The van der Waals surface area contributed by atoms with Gasteiger partial charge in [0.2, 0.25) is 11.8 Å². The zero-order valence-corrected chi connectivity index (χ0v) is 10.7. The molecular weight excluding hydrogens is 275 g/mol. The van der Waals surface area contributed by atoms with Crippen LogP contribution >= 0.6 is 0 Å². The molecule has 0 aromatic heterocycles. The Morgan fingerprint density at radius 1 is 1.20 bits per heavy atom. The average Bonchev–Trinajstić information content (AvgIpc) is 2.35. The van der Waals surface area contributed by atoms with E-state index in [4.69, 9.17) is 0 Å². The van der Waals surface area contributed by atoms with Crippen LogP contribution in [0.2, 0.25) is 0 Å². The van der Waals surface area contributed by atoms with Crippen molar-refractivity contribution < 1.29 is 22.8 Å². The summed E-state index contributed by atoms with van der Waals surface area (Å²) in [6, 6.07) is 4.79. The van der Waals surface area contributed by atoms with Crippen molar-refractivity contribution in [1.29, 1.82) is 0 Å². The molecule has 5 nitrogen and oxygen atoms in total. The SMILES string of the molecule is CC(=O)NCCC(=O)NNc1ccccc1C(F)(F)F. The number of hydrogen-bond donors (Lipinski definition) is 3. The number of para-hydroxylation sites is 1. The Hall–Kier alpha value is -2.25. The fourth-order valence-electron chi connectivity index (χ4n) is 1.39. The molecule has 3 N–H and O–H groups in total. The topological polar surface area (TPSA) is 70.2 Å². The highest BCUT2D eigenvalue weighted by Crippen LogP contribution is 2.34. The molecule has 0 saturated carbocycles. The average molecular weight is 289 g/mol. The van der Waals surface area contributed by atoms with Crippen molar-refractivity contribution in [3.05, 3.63) is 29.8 Å². The minimum absolute atomic E-state index is 0.0409. The number of alkyl halides is 3. The Balaban J connectivity index is 2.54. The van der Waals surface area contributed by atoms with Gasteiger partial charge in [0.1, 0.15) is 0 Å². The van der Waals surface area contributed by atoms with E-state index in [2.05, 4.69) is 16.2 Å². The predicted octanol–water partition coefficient (Wildman–Crippen LogP) is 1.67. The van der Waals surface area contributed by atoms with Crippen LogP contribution in [0.3, 0.4) is 0 Å². The van der Waals surface area contributed by atoms with Crippen LogP contribution < -0.4 is 16.2 Å². The molecule has 0 fully saturated rings.